The van der Waals surface area contributed by atoms with Crippen LogP contribution in [0.25, 0.3) is 5.76 Å². The Morgan fingerprint density at radius 2 is 1.90 bits per heavy atom. The molecule has 2 aromatic carbocycles. The molecule has 0 bridgehead atoms. The van der Waals surface area contributed by atoms with Gasteiger partial charge in [0.1, 0.15) is 11.5 Å². The molecule has 0 spiro atoms. The smallest absolute Gasteiger partial charge is 0.295 e. The van der Waals surface area contributed by atoms with E-state index in [0.717, 1.165) is 28.9 Å². The Morgan fingerprint density at radius 3 is 2.50 bits per heavy atom. The summed E-state index contributed by atoms with van der Waals surface area (Å²) in [4.78, 5) is 27.3. The second-order valence-electron chi connectivity index (χ2n) is 8.02. The van der Waals surface area contributed by atoms with Crippen molar-refractivity contribution in [2.24, 2.45) is 0 Å². The van der Waals surface area contributed by atoms with E-state index < -0.39 is 17.7 Å². The van der Waals surface area contributed by atoms with Crippen LogP contribution in [-0.2, 0) is 9.59 Å². The number of rotatable bonds is 6. The van der Waals surface area contributed by atoms with Crippen molar-refractivity contribution in [1.82, 2.24) is 4.90 Å². The zero-order chi connectivity index (χ0) is 22.0. The van der Waals surface area contributed by atoms with E-state index in [0.29, 0.717) is 12.1 Å². The molecule has 1 heterocycles. The lowest BCUT2D eigenvalue weighted by Gasteiger charge is -2.25. The minimum Gasteiger partial charge on any atom is -0.507 e. The van der Waals surface area contributed by atoms with Gasteiger partial charge in [-0.25, -0.2) is 0 Å². The molecule has 0 saturated carbocycles. The highest BCUT2D eigenvalue weighted by molar-refractivity contribution is 6.46. The van der Waals surface area contributed by atoms with Crippen molar-refractivity contribution >= 4 is 17.4 Å². The third-order valence-corrected chi connectivity index (χ3v) is 5.49. The predicted molar refractivity (Wildman–Crippen MR) is 118 cm³/mol. The first-order valence-corrected chi connectivity index (χ1v) is 10.3. The van der Waals surface area contributed by atoms with Crippen LogP contribution in [0.2, 0.25) is 0 Å². The predicted octanol–water partition coefficient (Wildman–Crippen LogP) is 4.96. The number of benzene rings is 2. The van der Waals surface area contributed by atoms with E-state index in [9.17, 15) is 14.7 Å². The molecule has 3 rings (SSSR count). The minimum absolute atomic E-state index is 0.138. The molecular formula is C25H29NO4. The molecule has 1 aliphatic rings. The minimum atomic E-state index is -0.644. The SMILES string of the molecule is CCCN1C(=O)C(=O)/C(=C(\O)c2ccc(OC)c(C(C)C)c2)C1c1cccc(C)c1. The maximum absolute atomic E-state index is 13.0. The number of aliphatic hydroxyl groups is 1. The lowest BCUT2D eigenvalue weighted by atomic mass is 9.92. The molecule has 1 amide bonds. The number of methoxy groups -OCH3 is 1. The Balaban J connectivity index is 2.21. The molecule has 2 aromatic rings. The van der Waals surface area contributed by atoms with E-state index in [4.69, 9.17) is 4.74 Å². The van der Waals surface area contributed by atoms with Crippen molar-refractivity contribution in [3.8, 4) is 5.75 Å². The van der Waals surface area contributed by atoms with Crippen LogP contribution in [0.4, 0.5) is 0 Å². The summed E-state index contributed by atoms with van der Waals surface area (Å²) in [5.74, 6) is -0.467. The van der Waals surface area contributed by atoms with Crippen molar-refractivity contribution in [3.05, 3.63) is 70.3 Å². The van der Waals surface area contributed by atoms with Gasteiger partial charge in [0.05, 0.1) is 18.7 Å². The number of Topliss-reactive ketones (excluding diaryl/α,β-unsaturated/α-hetero) is 1. The lowest BCUT2D eigenvalue weighted by molar-refractivity contribution is -0.139. The van der Waals surface area contributed by atoms with Crippen molar-refractivity contribution in [1.29, 1.82) is 0 Å². The number of aryl methyl sites for hydroxylation is 1. The van der Waals surface area contributed by atoms with Crippen molar-refractivity contribution in [2.75, 3.05) is 13.7 Å². The third-order valence-electron chi connectivity index (χ3n) is 5.49. The number of hydrogen-bond donors (Lipinski definition) is 1. The molecular weight excluding hydrogens is 378 g/mol. The van der Waals surface area contributed by atoms with Crippen LogP contribution in [0, 0.1) is 6.92 Å². The Kier molecular flexibility index (Phi) is 6.30. The number of ketones is 1. The maximum atomic E-state index is 13.0. The molecule has 5 heteroatoms. The molecule has 1 unspecified atom stereocenters. The summed E-state index contributed by atoms with van der Waals surface area (Å²) >= 11 is 0. The largest absolute Gasteiger partial charge is 0.507 e. The van der Waals surface area contributed by atoms with Crippen LogP contribution >= 0.6 is 0 Å². The van der Waals surface area contributed by atoms with Crippen LogP contribution in [0.15, 0.2) is 48.0 Å². The second kappa shape index (κ2) is 8.74. The maximum Gasteiger partial charge on any atom is 0.295 e. The topological polar surface area (TPSA) is 66.8 Å². The number of aliphatic hydroxyl groups excluding tert-OH is 1. The summed E-state index contributed by atoms with van der Waals surface area (Å²) in [6.07, 6.45) is 0.718. The van der Waals surface area contributed by atoms with Gasteiger partial charge < -0.3 is 14.7 Å². The van der Waals surface area contributed by atoms with Gasteiger partial charge >= 0.3 is 0 Å². The average Bonchev–Trinajstić information content (AvgIpc) is 2.98. The van der Waals surface area contributed by atoms with Crippen molar-refractivity contribution in [2.45, 2.75) is 46.1 Å². The Morgan fingerprint density at radius 1 is 1.17 bits per heavy atom. The van der Waals surface area contributed by atoms with Crippen LogP contribution in [0.3, 0.4) is 0 Å². The molecule has 0 aliphatic carbocycles. The van der Waals surface area contributed by atoms with Gasteiger partial charge in [-0.05, 0) is 48.6 Å². The highest BCUT2D eigenvalue weighted by atomic mass is 16.5. The molecule has 1 saturated heterocycles. The van der Waals surface area contributed by atoms with Gasteiger partial charge in [0.15, 0.2) is 0 Å². The quantitative estimate of drug-likeness (QED) is 0.418. The fraction of sp³-hybridized carbons (Fsp3) is 0.360. The number of hydrogen-bond acceptors (Lipinski definition) is 4. The standard InChI is InChI=1S/C25H29NO4/c1-6-12-26-22(17-9-7-8-16(4)13-17)21(24(28)25(26)29)23(27)18-10-11-20(30-5)19(14-18)15(2)3/h7-11,13-15,22,27H,6,12H2,1-5H3/b23-21-. The lowest BCUT2D eigenvalue weighted by Crippen LogP contribution is -2.30. The highest BCUT2D eigenvalue weighted by Crippen LogP contribution is 2.40. The normalized spacial score (nSPS) is 18.3. The zero-order valence-corrected chi connectivity index (χ0v) is 18.2. The molecule has 0 aromatic heterocycles. The Bertz CT molecular complexity index is 1010. The molecule has 5 nitrogen and oxygen atoms in total. The number of likely N-dealkylation sites (tertiary alicyclic amines) is 1. The molecule has 158 valence electrons. The fourth-order valence-electron chi connectivity index (χ4n) is 4.03. The average molecular weight is 408 g/mol. The van der Waals surface area contributed by atoms with Gasteiger partial charge in [-0.1, -0.05) is 50.6 Å². The van der Waals surface area contributed by atoms with Crippen LogP contribution < -0.4 is 4.74 Å². The molecule has 0 radical (unpaired) electrons. The van der Waals surface area contributed by atoms with Gasteiger partial charge in [-0.15, -0.1) is 0 Å². The molecule has 1 fully saturated rings. The van der Waals surface area contributed by atoms with E-state index in [2.05, 4.69) is 0 Å². The van der Waals surface area contributed by atoms with E-state index >= 15 is 0 Å². The monoisotopic (exact) mass is 407 g/mol. The second-order valence-corrected chi connectivity index (χ2v) is 8.02. The van der Waals surface area contributed by atoms with E-state index in [1.165, 1.54) is 0 Å². The van der Waals surface area contributed by atoms with Gasteiger partial charge in [-0.2, -0.15) is 0 Å². The van der Waals surface area contributed by atoms with E-state index in [-0.39, 0.29) is 17.3 Å². The van der Waals surface area contributed by atoms with E-state index in [1.807, 2.05) is 58.0 Å². The fourth-order valence-corrected chi connectivity index (χ4v) is 4.03. The zero-order valence-electron chi connectivity index (χ0n) is 18.2. The van der Waals surface area contributed by atoms with Gasteiger partial charge in [0, 0.05) is 12.1 Å². The molecule has 1 atom stereocenters. The summed E-state index contributed by atoms with van der Waals surface area (Å²) in [5, 5.41) is 11.2. The molecule has 1 aliphatic heterocycles. The molecule has 30 heavy (non-hydrogen) atoms. The van der Waals surface area contributed by atoms with Gasteiger partial charge in [0.2, 0.25) is 0 Å². The summed E-state index contributed by atoms with van der Waals surface area (Å²) in [7, 11) is 1.61. The third kappa shape index (κ3) is 3.84. The first-order valence-electron chi connectivity index (χ1n) is 10.3. The summed E-state index contributed by atoms with van der Waals surface area (Å²) in [5.41, 5.74) is 3.42. The van der Waals surface area contributed by atoms with Gasteiger partial charge in [-0.3, -0.25) is 9.59 Å². The van der Waals surface area contributed by atoms with Crippen molar-refractivity contribution < 1.29 is 19.4 Å². The van der Waals surface area contributed by atoms with Crippen LogP contribution in [0.1, 0.15) is 61.4 Å². The first-order chi connectivity index (χ1) is 14.3. The van der Waals surface area contributed by atoms with Crippen molar-refractivity contribution in [3.63, 3.8) is 0 Å². The summed E-state index contributed by atoms with van der Waals surface area (Å²) in [6, 6.07) is 12.5. The number of nitrogens with zero attached hydrogens (tertiary/aromatic N) is 1. The Labute approximate surface area is 178 Å². The van der Waals surface area contributed by atoms with Crippen LogP contribution in [0.5, 0.6) is 5.75 Å². The number of amides is 1. The summed E-state index contributed by atoms with van der Waals surface area (Å²) in [6.45, 7) is 8.45. The first kappa shape index (κ1) is 21.6. The highest BCUT2D eigenvalue weighted by Gasteiger charge is 2.45. The number of carbonyl (C=O) groups excluding carboxylic acids is 2. The number of carbonyl (C=O) groups is 2. The van der Waals surface area contributed by atoms with Crippen LogP contribution in [-0.4, -0.2) is 35.4 Å². The summed E-state index contributed by atoms with van der Waals surface area (Å²) < 4.78 is 5.43. The van der Waals surface area contributed by atoms with E-state index in [1.54, 1.807) is 24.1 Å². The molecule has 1 N–H and O–H groups in total. The van der Waals surface area contributed by atoms with Gasteiger partial charge in [0.25, 0.3) is 11.7 Å². The number of ether oxygens (including phenoxy) is 1. The Hall–Kier alpha value is -3.08.